The minimum absolute atomic E-state index is 0.113. The minimum Gasteiger partial charge on any atom is -0.461 e. The Hall–Kier alpha value is -1.48. The number of fused-ring (bicyclic) bond motifs is 1. The van der Waals surface area contributed by atoms with Gasteiger partial charge in [-0.1, -0.05) is 39.0 Å². The third-order valence-electron chi connectivity index (χ3n) is 7.38. The van der Waals surface area contributed by atoms with Gasteiger partial charge in [0.1, 0.15) is 5.69 Å². The summed E-state index contributed by atoms with van der Waals surface area (Å²) in [4.78, 5) is 16.2. The molecule has 2 aromatic rings. The summed E-state index contributed by atoms with van der Waals surface area (Å²) in [5, 5.41) is 0.998. The lowest BCUT2D eigenvalue weighted by Crippen LogP contribution is -2.41. The van der Waals surface area contributed by atoms with Gasteiger partial charge < -0.3 is 23.2 Å². The number of carbonyl (C=O) groups excluding carboxylic acids is 1. The largest absolute Gasteiger partial charge is 0.497 e. The van der Waals surface area contributed by atoms with Gasteiger partial charge in [0.2, 0.25) is 0 Å². The highest BCUT2D eigenvalue weighted by molar-refractivity contribution is 8.29. The maximum absolute atomic E-state index is 12.9. The predicted octanol–water partition coefficient (Wildman–Crippen LogP) is 5.37. The van der Waals surface area contributed by atoms with E-state index in [0.717, 1.165) is 28.4 Å². The molecule has 1 fully saturated rings. The Bertz CT molecular complexity index is 1020. The number of nitrogens with one attached hydrogen (secondary N) is 1. The Kier molecular flexibility index (Phi) is 7.60. The van der Waals surface area contributed by atoms with E-state index in [1.54, 1.807) is 0 Å². The molecule has 1 aliphatic rings. The minimum atomic E-state index is -1.19. The zero-order chi connectivity index (χ0) is 25.5. The molecule has 1 saturated heterocycles. The molecule has 1 aromatic heterocycles. The van der Waals surface area contributed by atoms with Crippen LogP contribution in [0.1, 0.15) is 77.9 Å². The number of hydrogen-bond donors (Lipinski definition) is 1. The van der Waals surface area contributed by atoms with E-state index in [1.165, 1.54) is 0 Å². The number of hydrogen-bond acceptors (Lipinski definition) is 5. The van der Waals surface area contributed by atoms with E-state index >= 15 is 0 Å². The van der Waals surface area contributed by atoms with E-state index in [9.17, 15) is 4.79 Å². The Morgan fingerprint density at radius 3 is 2.29 bits per heavy atom. The average Bonchev–Trinajstić information content (AvgIpc) is 3.18. The topological polar surface area (TPSA) is 69.8 Å². The quantitative estimate of drug-likeness (QED) is 0.305. The summed E-state index contributed by atoms with van der Waals surface area (Å²) >= 11 is 0. The van der Waals surface area contributed by atoms with E-state index < -0.39 is 28.6 Å². The van der Waals surface area contributed by atoms with Gasteiger partial charge in [-0.05, 0) is 65.5 Å². The zero-order valence-electron chi connectivity index (χ0n) is 22.6. The van der Waals surface area contributed by atoms with Crippen molar-refractivity contribution in [2.24, 2.45) is 0 Å². The number of aromatic amines is 1. The highest BCUT2D eigenvalue weighted by Gasteiger charge is 2.52. The van der Waals surface area contributed by atoms with Crippen molar-refractivity contribution >= 4 is 39.8 Å². The third-order valence-corrected chi connectivity index (χ3v) is 11.1. The van der Waals surface area contributed by atoms with Gasteiger partial charge in [0.05, 0.1) is 24.4 Å². The second kappa shape index (κ2) is 9.53. The third kappa shape index (κ3) is 5.20. The van der Waals surface area contributed by atoms with Gasteiger partial charge in [0, 0.05) is 21.1 Å². The van der Waals surface area contributed by atoms with Gasteiger partial charge in [-0.25, -0.2) is 4.79 Å². The van der Waals surface area contributed by atoms with Crippen molar-refractivity contribution in [1.82, 2.24) is 4.98 Å². The monoisotopic (exact) mass is 491 g/mol. The summed E-state index contributed by atoms with van der Waals surface area (Å²) < 4.78 is 24.4. The molecule has 0 amide bonds. The Morgan fingerprint density at radius 1 is 1.12 bits per heavy atom. The average molecular weight is 492 g/mol. The lowest BCUT2D eigenvalue weighted by Gasteiger charge is -2.43. The fourth-order valence-corrected chi connectivity index (χ4v) is 4.68. The van der Waals surface area contributed by atoms with Crippen LogP contribution in [-0.2, 0) is 24.6 Å². The van der Waals surface area contributed by atoms with Crippen molar-refractivity contribution in [2.75, 3.05) is 25.7 Å². The molecule has 0 bridgehead atoms. The molecule has 34 heavy (non-hydrogen) atoms. The lowest BCUT2D eigenvalue weighted by molar-refractivity contribution is 0.00578. The first-order valence-corrected chi connectivity index (χ1v) is 14.5. The molecule has 0 radical (unpaired) electrons. The van der Waals surface area contributed by atoms with Crippen molar-refractivity contribution in [3.8, 4) is 0 Å². The summed E-state index contributed by atoms with van der Waals surface area (Å²) in [7, 11) is -1.71. The first-order chi connectivity index (χ1) is 15.6. The summed E-state index contributed by atoms with van der Waals surface area (Å²) in [6.07, 6.45) is 5.94. The fourth-order valence-electron chi connectivity index (χ4n) is 3.79. The number of para-hydroxylation sites is 1. The molecular formula is C26H42BNO5S. The number of aryl methyl sites for hydroxylation is 1. The molecule has 0 atom stereocenters. The summed E-state index contributed by atoms with van der Waals surface area (Å²) in [5.41, 5.74) is 2.32. The summed E-state index contributed by atoms with van der Waals surface area (Å²) in [6, 6.07) is 6.04. The molecule has 0 spiro atoms. The second-order valence-corrected chi connectivity index (χ2v) is 15.3. The maximum atomic E-state index is 12.9. The van der Waals surface area contributed by atoms with Gasteiger partial charge in [-0.3, -0.25) is 0 Å². The molecule has 1 N–H and O–H groups in total. The van der Waals surface area contributed by atoms with Crippen molar-refractivity contribution in [1.29, 1.82) is 0 Å². The smallest absolute Gasteiger partial charge is 0.461 e. The van der Waals surface area contributed by atoms with Gasteiger partial charge in [-0.15, -0.1) is 10.3 Å². The molecule has 3 rings (SSSR count). The van der Waals surface area contributed by atoms with Crippen molar-refractivity contribution in [2.45, 2.75) is 84.2 Å². The molecule has 1 aromatic carbocycles. The molecule has 190 valence electrons. The highest BCUT2D eigenvalue weighted by atomic mass is 32.3. The number of H-pyrrole nitrogens is 1. The highest BCUT2D eigenvalue weighted by Crippen LogP contribution is 2.53. The molecule has 8 heteroatoms. The van der Waals surface area contributed by atoms with E-state index in [4.69, 9.17) is 18.2 Å². The van der Waals surface area contributed by atoms with Crippen LogP contribution in [0.2, 0.25) is 0 Å². The summed E-state index contributed by atoms with van der Waals surface area (Å²) in [5.74, 6) is -0.338. The zero-order valence-corrected chi connectivity index (χ0v) is 23.4. The molecule has 1 aliphatic heterocycles. The molecule has 0 unspecified atom stereocenters. The molecule has 6 nitrogen and oxygen atoms in total. The Labute approximate surface area is 207 Å². The van der Waals surface area contributed by atoms with Crippen LogP contribution in [-0.4, -0.2) is 59.7 Å². The van der Waals surface area contributed by atoms with Crippen LogP contribution in [0.15, 0.2) is 18.2 Å². The Morgan fingerprint density at radius 2 is 1.74 bits per heavy atom. The number of ether oxygens (including phenoxy) is 1. The maximum Gasteiger partial charge on any atom is 0.497 e. The molecule has 2 heterocycles. The SMILES string of the molecule is CCOC(=O)c1[nH]c2c(B3OC(C)(C)C(C)(C)O3)cccc2c1CCCOS(C)(C)C(C)(C)C. The number of esters is 1. The predicted molar refractivity (Wildman–Crippen MR) is 143 cm³/mol. The van der Waals surface area contributed by atoms with Crippen molar-refractivity contribution < 1.29 is 23.0 Å². The van der Waals surface area contributed by atoms with E-state index in [-0.39, 0.29) is 10.7 Å². The lowest BCUT2D eigenvalue weighted by atomic mass is 9.77. The summed E-state index contributed by atoms with van der Waals surface area (Å²) in [6.45, 7) is 17.6. The standard InChI is InChI=1S/C26H42BNO5S/c1-11-30-23(29)22-19(15-13-17-31-34(9,10)24(2,3)4)18-14-12-16-20(21(18)28-22)27-32-25(5,6)26(7,8)33-27/h12,14,16,28H,11,13,15,17H2,1-10H3. The van der Waals surface area contributed by atoms with Gasteiger partial charge in [0.25, 0.3) is 0 Å². The van der Waals surface area contributed by atoms with Crippen molar-refractivity contribution in [3.05, 3.63) is 29.5 Å². The number of benzene rings is 1. The van der Waals surface area contributed by atoms with E-state index in [0.29, 0.717) is 25.3 Å². The normalized spacial score (nSPS) is 18.5. The molecule has 0 saturated carbocycles. The van der Waals surface area contributed by atoms with Gasteiger partial charge in [-0.2, -0.15) is 0 Å². The van der Waals surface area contributed by atoms with Crippen LogP contribution < -0.4 is 5.46 Å². The van der Waals surface area contributed by atoms with Crippen LogP contribution in [0, 0.1) is 0 Å². The van der Waals surface area contributed by atoms with E-state index in [2.05, 4.69) is 38.3 Å². The van der Waals surface area contributed by atoms with Crippen LogP contribution in [0.4, 0.5) is 0 Å². The van der Waals surface area contributed by atoms with Crippen LogP contribution in [0.5, 0.6) is 0 Å². The number of carbonyl (C=O) groups is 1. The van der Waals surface area contributed by atoms with Gasteiger partial charge in [0.15, 0.2) is 0 Å². The molecular weight excluding hydrogens is 449 g/mol. The molecule has 0 aliphatic carbocycles. The Balaban J connectivity index is 1.92. The van der Waals surface area contributed by atoms with Crippen molar-refractivity contribution in [3.63, 3.8) is 0 Å². The van der Waals surface area contributed by atoms with Crippen LogP contribution in [0.25, 0.3) is 10.9 Å². The first kappa shape index (κ1) is 27.1. The van der Waals surface area contributed by atoms with Gasteiger partial charge >= 0.3 is 13.1 Å². The van der Waals surface area contributed by atoms with Crippen LogP contribution in [0.3, 0.4) is 0 Å². The van der Waals surface area contributed by atoms with E-state index in [1.807, 2.05) is 52.8 Å². The fraction of sp³-hybridized carbons (Fsp3) is 0.654. The number of rotatable bonds is 8. The first-order valence-electron chi connectivity index (χ1n) is 12.1. The second-order valence-electron chi connectivity index (χ2n) is 11.3. The number of aromatic nitrogens is 1. The van der Waals surface area contributed by atoms with Crippen LogP contribution >= 0.6 is 10.3 Å².